The number of carbonyl (C=O) groups excluding carboxylic acids is 3. The summed E-state index contributed by atoms with van der Waals surface area (Å²) >= 11 is 1.46. The van der Waals surface area contributed by atoms with Crippen molar-refractivity contribution in [2.24, 2.45) is 0 Å². The van der Waals surface area contributed by atoms with E-state index in [-0.39, 0.29) is 43.9 Å². The zero-order chi connectivity index (χ0) is 39.8. The lowest BCUT2D eigenvalue weighted by Crippen LogP contribution is -2.69. The molecule has 8 rings (SSSR count). The fourth-order valence-electron chi connectivity index (χ4n) is 9.46. The van der Waals surface area contributed by atoms with Gasteiger partial charge in [-0.2, -0.15) is 5.26 Å². The number of carbonyl (C=O) groups is 3. The Kier molecular flexibility index (Phi) is 11.9. The number of piperazine rings is 1. The van der Waals surface area contributed by atoms with Crippen LogP contribution < -0.4 is 29.0 Å². The van der Waals surface area contributed by atoms with Gasteiger partial charge in [0.2, 0.25) is 12.7 Å². The van der Waals surface area contributed by atoms with Crippen LogP contribution in [-0.4, -0.2) is 99.0 Å². The number of unbranched alkanes of at least 4 members (excludes halogenated alkanes) is 4. The van der Waals surface area contributed by atoms with Gasteiger partial charge in [-0.05, 0) is 44.9 Å². The van der Waals surface area contributed by atoms with Gasteiger partial charge in [0.25, 0.3) is 0 Å². The summed E-state index contributed by atoms with van der Waals surface area (Å²) in [7, 11) is 5.22. The molecule has 0 aliphatic carbocycles. The van der Waals surface area contributed by atoms with Crippen molar-refractivity contribution >= 4 is 29.6 Å². The number of aryl methyl sites for hydroxylation is 1. The molecule has 1 N–H and O–H groups in total. The van der Waals surface area contributed by atoms with E-state index in [2.05, 4.69) is 34.2 Å². The van der Waals surface area contributed by atoms with E-state index >= 15 is 0 Å². The third-order valence-electron chi connectivity index (χ3n) is 11.8. The molecule has 15 heteroatoms. The summed E-state index contributed by atoms with van der Waals surface area (Å²) in [6, 6.07) is 1.36. The van der Waals surface area contributed by atoms with Crippen molar-refractivity contribution in [1.29, 1.82) is 5.26 Å². The predicted octanol–water partition coefficient (Wildman–Crippen LogP) is 5.35. The molecule has 1 amide bonds. The molecule has 0 spiro atoms. The lowest BCUT2D eigenvalue weighted by atomic mass is 9.71. The second-order valence-corrected chi connectivity index (χ2v) is 16.4. The Morgan fingerprint density at radius 1 is 1.04 bits per heavy atom. The Labute approximate surface area is 332 Å². The molecular weight excluding hydrogens is 741 g/mol. The third kappa shape index (κ3) is 6.92. The minimum absolute atomic E-state index is 0.0137. The van der Waals surface area contributed by atoms with Crippen molar-refractivity contribution in [3.63, 3.8) is 0 Å². The number of methoxy groups -OCH3 is 2. The molecule has 4 bridgehead atoms. The van der Waals surface area contributed by atoms with Crippen LogP contribution in [0.4, 0.5) is 0 Å². The fourth-order valence-corrected chi connectivity index (χ4v) is 11.0. The van der Waals surface area contributed by atoms with Gasteiger partial charge >= 0.3 is 11.9 Å². The molecule has 56 heavy (non-hydrogen) atoms. The van der Waals surface area contributed by atoms with Gasteiger partial charge in [0.15, 0.2) is 29.8 Å². The van der Waals surface area contributed by atoms with Gasteiger partial charge in [0.1, 0.15) is 24.4 Å². The molecule has 2 saturated heterocycles. The molecule has 1 unspecified atom stereocenters. The summed E-state index contributed by atoms with van der Waals surface area (Å²) < 4.78 is 42.3. The first-order chi connectivity index (χ1) is 27.1. The molecule has 2 fully saturated rings. The zero-order valence-corrected chi connectivity index (χ0v) is 34.0. The van der Waals surface area contributed by atoms with Crippen molar-refractivity contribution < 1.29 is 47.5 Å². The van der Waals surface area contributed by atoms with Crippen LogP contribution in [0.25, 0.3) is 0 Å². The van der Waals surface area contributed by atoms with Gasteiger partial charge in [0.05, 0.1) is 30.5 Å². The van der Waals surface area contributed by atoms with Crippen molar-refractivity contribution in [3.8, 4) is 34.8 Å². The molecule has 0 saturated carbocycles. The van der Waals surface area contributed by atoms with Crippen molar-refractivity contribution in [2.45, 2.75) is 114 Å². The van der Waals surface area contributed by atoms with Gasteiger partial charge in [-0.25, -0.2) is 4.79 Å². The lowest BCUT2D eigenvalue weighted by Gasteiger charge is -2.61. The van der Waals surface area contributed by atoms with Gasteiger partial charge in [-0.3, -0.25) is 19.4 Å². The monoisotopic (exact) mass is 792 g/mol. The molecule has 6 aliphatic rings. The van der Waals surface area contributed by atoms with Crippen molar-refractivity contribution in [2.75, 3.05) is 47.2 Å². The van der Waals surface area contributed by atoms with E-state index in [1.54, 1.807) is 14.2 Å². The Hall–Kier alpha value is -4.23. The maximum atomic E-state index is 13.9. The minimum atomic E-state index is -0.936. The maximum Gasteiger partial charge on any atom is 0.329 e. The molecule has 0 aromatic heterocycles. The summed E-state index contributed by atoms with van der Waals surface area (Å²) in [5, 5.41) is 13.6. The number of esters is 2. The van der Waals surface area contributed by atoms with Crippen LogP contribution in [0.3, 0.4) is 0 Å². The van der Waals surface area contributed by atoms with Gasteiger partial charge in [0, 0.05) is 60.5 Å². The van der Waals surface area contributed by atoms with Crippen LogP contribution in [-0.2, 0) is 30.3 Å². The van der Waals surface area contributed by atoms with Crippen LogP contribution >= 0.6 is 11.8 Å². The Balaban J connectivity index is 1.42. The molecule has 2 aromatic carbocycles. The highest BCUT2D eigenvalue weighted by Gasteiger charge is 2.61. The molecule has 2 aromatic rings. The van der Waals surface area contributed by atoms with Crippen LogP contribution in [0.15, 0.2) is 6.07 Å². The van der Waals surface area contributed by atoms with Crippen LogP contribution in [0, 0.1) is 25.2 Å². The summed E-state index contributed by atoms with van der Waals surface area (Å²) in [6.07, 6.45) is 5.81. The molecule has 6 heterocycles. The Bertz CT molecular complexity index is 1920. The number of thioether (sulfide) groups is 1. The first-order valence-electron chi connectivity index (χ1n) is 19.5. The number of nitrogens with one attached hydrogen (secondary N) is 1. The number of fused-ring (bicyclic) bond motifs is 10. The number of rotatable bonds is 12. The average Bonchev–Trinajstić information content (AvgIpc) is 3.66. The Morgan fingerprint density at radius 2 is 1.80 bits per heavy atom. The van der Waals surface area contributed by atoms with E-state index in [4.69, 9.17) is 33.2 Å². The van der Waals surface area contributed by atoms with Gasteiger partial charge in [-0.15, -0.1) is 11.8 Å². The normalized spacial score (nSPS) is 26.2. The lowest BCUT2D eigenvalue weighted by molar-refractivity contribution is -0.152. The highest BCUT2D eigenvalue weighted by molar-refractivity contribution is 7.99. The maximum absolute atomic E-state index is 13.9. The van der Waals surface area contributed by atoms with E-state index in [1.807, 2.05) is 20.9 Å². The summed E-state index contributed by atoms with van der Waals surface area (Å²) in [5.41, 5.74) is 4.83. The smallest absolute Gasteiger partial charge is 0.329 e. The summed E-state index contributed by atoms with van der Waals surface area (Å²) in [5.74, 6) is 1.32. The zero-order valence-electron chi connectivity index (χ0n) is 33.2. The van der Waals surface area contributed by atoms with Gasteiger partial charge in [-0.1, -0.05) is 38.7 Å². The van der Waals surface area contributed by atoms with E-state index in [9.17, 15) is 19.6 Å². The number of nitrogens with zero attached hydrogens (tertiary/aromatic N) is 3. The van der Waals surface area contributed by atoms with Crippen molar-refractivity contribution in [1.82, 2.24) is 15.1 Å². The molecule has 302 valence electrons. The summed E-state index contributed by atoms with van der Waals surface area (Å²) in [6.45, 7) is 7.11. The standard InChI is InChI=1S/C41H52N4O10S/c1-8-9-10-11-12-13-29(47)43-25-18-56-40-32-31(39-37(53-20-54-39)22(3)36(32)55-23(4)46)28(17-51-41(25)48)45-27(16-42)26-15-24-14-21(2)35(50-7)38(52-19-49-6)30(24)33(34(40)45)44(26)5/h14,25-28,33-34,40H,8-13,15,17-20H2,1-7H3,(H,43,47)/t25-,26-,27-,28+,33-,34?,40+/m0/s1. The van der Waals surface area contributed by atoms with Crippen LogP contribution in [0.2, 0.25) is 0 Å². The van der Waals surface area contributed by atoms with E-state index in [0.717, 1.165) is 48.8 Å². The third-order valence-corrected chi connectivity index (χ3v) is 13.2. The van der Waals surface area contributed by atoms with E-state index in [1.165, 1.54) is 18.7 Å². The van der Waals surface area contributed by atoms with Gasteiger partial charge < -0.3 is 38.5 Å². The summed E-state index contributed by atoms with van der Waals surface area (Å²) in [4.78, 5) is 44.5. The molecule has 14 nitrogen and oxygen atoms in total. The number of ether oxygens (including phenoxy) is 7. The molecular formula is C41H52N4O10S. The number of amides is 1. The number of likely N-dealkylation sites (N-methyl/N-ethyl adjacent to an activating group) is 1. The molecule has 7 atom stereocenters. The highest BCUT2D eigenvalue weighted by atomic mass is 32.2. The second kappa shape index (κ2) is 16.7. The Morgan fingerprint density at radius 3 is 2.52 bits per heavy atom. The van der Waals surface area contributed by atoms with E-state index in [0.29, 0.717) is 58.3 Å². The van der Waals surface area contributed by atoms with Crippen LogP contribution in [0.1, 0.15) is 103 Å². The molecule has 0 radical (unpaired) electrons. The predicted molar refractivity (Wildman–Crippen MR) is 206 cm³/mol. The topological polar surface area (TPSA) is 158 Å². The highest BCUT2D eigenvalue weighted by Crippen LogP contribution is 2.64. The first-order valence-corrected chi connectivity index (χ1v) is 20.5. The van der Waals surface area contributed by atoms with Crippen LogP contribution in [0.5, 0.6) is 28.7 Å². The second-order valence-electron chi connectivity index (χ2n) is 15.2. The number of nitriles is 1. The van der Waals surface area contributed by atoms with Crippen molar-refractivity contribution in [3.05, 3.63) is 39.4 Å². The number of hydrogen-bond donors (Lipinski definition) is 1. The molecule has 6 aliphatic heterocycles. The average molecular weight is 793 g/mol. The SMILES string of the molecule is CCCCCCCC(=O)N[C@H]1CS[C@@H]2c3c(OC(C)=O)c(C)c4c(c3[C@@H](COC1=O)N1C2[C@@H]2c3c(cc(C)c(OC)c3OCOC)C[C@@H]([C@@H]1C#N)N2C)OCO4. The first kappa shape index (κ1) is 40.0. The minimum Gasteiger partial charge on any atom is -0.493 e. The number of hydrogen-bond acceptors (Lipinski definition) is 14. The van der Waals surface area contributed by atoms with E-state index < -0.39 is 41.4 Å². The quantitative estimate of drug-likeness (QED) is 0.127. The fraction of sp³-hybridized carbons (Fsp3) is 0.610. The number of benzene rings is 2. The largest absolute Gasteiger partial charge is 0.493 e.